The molecule has 8 aromatic rings. The molecule has 1 aromatic heterocycles. The van der Waals surface area contributed by atoms with Gasteiger partial charge in [0, 0.05) is 38.9 Å². The van der Waals surface area contributed by atoms with Crippen LogP contribution < -0.4 is 4.90 Å². The maximum Gasteiger partial charge on any atom is 0.0542 e. The molecule has 0 atom stereocenters. The molecule has 9 rings (SSSR count). The van der Waals surface area contributed by atoms with E-state index in [1.807, 2.05) is 0 Å². The topological polar surface area (TPSA) is 8.17 Å². The number of benzene rings is 7. The molecule has 0 bridgehead atoms. The van der Waals surface area contributed by atoms with E-state index in [1.54, 1.807) is 0 Å². The van der Waals surface area contributed by atoms with Crippen LogP contribution >= 0.6 is 0 Å². The molecule has 0 fully saturated rings. The first-order valence-electron chi connectivity index (χ1n) is 16.4. The summed E-state index contributed by atoms with van der Waals surface area (Å²) in [6.45, 7) is 4.67. The predicted molar refractivity (Wildman–Crippen MR) is 198 cm³/mol. The Bertz CT molecular complexity index is 2420. The average molecular weight is 603 g/mol. The third kappa shape index (κ3) is 4.33. The maximum absolute atomic E-state index is 2.38. The zero-order valence-electron chi connectivity index (χ0n) is 26.6. The average Bonchev–Trinajstić information content (AvgIpc) is 3.58. The summed E-state index contributed by atoms with van der Waals surface area (Å²) in [5.74, 6) is 0. The molecule has 2 heteroatoms. The Balaban J connectivity index is 1.15. The van der Waals surface area contributed by atoms with E-state index in [0.717, 1.165) is 17.1 Å². The van der Waals surface area contributed by atoms with Crippen molar-refractivity contribution in [2.24, 2.45) is 0 Å². The molecular weight excluding hydrogens is 569 g/mol. The van der Waals surface area contributed by atoms with Gasteiger partial charge >= 0.3 is 0 Å². The fourth-order valence-corrected chi connectivity index (χ4v) is 7.68. The quantitative estimate of drug-likeness (QED) is 0.190. The number of hydrogen-bond donors (Lipinski definition) is 0. The van der Waals surface area contributed by atoms with E-state index < -0.39 is 0 Å². The molecule has 2 nitrogen and oxygen atoms in total. The van der Waals surface area contributed by atoms with Crippen molar-refractivity contribution in [2.75, 3.05) is 4.90 Å². The van der Waals surface area contributed by atoms with Gasteiger partial charge in [-0.3, -0.25) is 0 Å². The van der Waals surface area contributed by atoms with Gasteiger partial charge in [-0.25, -0.2) is 0 Å². The second-order valence-electron chi connectivity index (χ2n) is 13.0. The number of para-hydroxylation sites is 3. The summed E-state index contributed by atoms with van der Waals surface area (Å²) in [6.07, 6.45) is 0. The molecule has 0 saturated heterocycles. The molecule has 224 valence electrons. The third-order valence-electron chi connectivity index (χ3n) is 9.99. The van der Waals surface area contributed by atoms with Gasteiger partial charge in [0.2, 0.25) is 0 Å². The molecule has 0 aliphatic heterocycles. The summed E-state index contributed by atoms with van der Waals surface area (Å²) in [5.41, 5.74) is 14.9. The van der Waals surface area contributed by atoms with Crippen LogP contribution in [0.4, 0.5) is 17.1 Å². The fourth-order valence-electron chi connectivity index (χ4n) is 7.68. The first-order valence-corrected chi connectivity index (χ1v) is 16.4. The highest BCUT2D eigenvalue weighted by atomic mass is 15.1. The van der Waals surface area contributed by atoms with Gasteiger partial charge in [-0.15, -0.1) is 0 Å². The van der Waals surface area contributed by atoms with E-state index >= 15 is 0 Å². The zero-order valence-corrected chi connectivity index (χ0v) is 26.6. The molecule has 1 heterocycles. The largest absolute Gasteiger partial charge is 0.310 e. The summed E-state index contributed by atoms with van der Waals surface area (Å²) in [5, 5.41) is 2.48. The highest BCUT2D eigenvalue weighted by Gasteiger charge is 2.35. The lowest BCUT2D eigenvalue weighted by Crippen LogP contribution is -2.14. The van der Waals surface area contributed by atoms with Crippen LogP contribution in [-0.4, -0.2) is 4.57 Å². The van der Waals surface area contributed by atoms with Gasteiger partial charge in [0.05, 0.1) is 11.0 Å². The summed E-state index contributed by atoms with van der Waals surface area (Å²) >= 11 is 0. The van der Waals surface area contributed by atoms with Crippen molar-refractivity contribution >= 4 is 38.9 Å². The van der Waals surface area contributed by atoms with Crippen LogP contribution in [0, 0.1) is 0 Å². The first-order chi connectivity index (χ1) is 23.1. The first kappa shape index (κ1) is 27.5. The van der Waals surface area contributed by atoms with Gasteiger partial charge < -0.3 is 9.47 Å². The normalized spacial score (nSPS) is 13.1. The van der Waals surface area contributed by atoms with Gasteiger partial charge in [0.1, 0.15) is 0 Å². The lowest BCUT2D eigenvalue weighted by molar-refractivity contribution is 0.660. The fraction of sp³-hybridized carbons (Fsp3) is 0.0667. The molecule has 1 aliphatic carbocycles. The van der Waals surface area contributed by atoms with Crippen LogP contribution in [0.25, 0.3) is 49.7 Å². The van der Waals surface area contributed by atoms with E-state index in [4.69, 9.17) is 0 Å². The molecule has 7 aromatic carbocycles. The smallest absolute Gasteiger partial charge is 0.0542 e. The lowest BCUT2D eigenvalue weighted by atomic mass is 9.82. The van der Waals surface area contributed by atoms with E-state index in [1.165, 1.54) is 60.9 Å². The Labute approximate surface area is 275 Å². The molecule has 0 spiro atoms. The van der Waals surface area contributed by atoms with Crippen LogP contribution in [0.5, 0.6) is 0 Å². The van der Waals surface area contributed by atoms with Crippen LogP contribution in [0.1, 0.15) is 25.0 Å². The maximum atomic E-state index is 2.38. The monoisotopic (exact) mass is 602 g/mol. The Hall–Kier alpha value is -5.86. The lowest BCUT2D eigenvalue weighted by Gasteiger charge is -2.26. The van der Waals surface area contributed by atoms with Crippen molar-refractivity contribution in [1.29, 1.82) is 0 Å². The third-order valence-corrected chi connectivity index (χ3v) is 9.99. The molecule has 0 N–H and O–H groups in total. The molecule has 0 radical (unpaired) electrons. The van der Waals surface area contributed by atoms with Crippen molar-refractivity contribution in [3.63, 3.8) is 0 Å². The van der Waals surface area contributed by atoms with Crippen molar-refractivity contribution < 1.29 is 0 Å². The van der Waals surface area contributed by atoms with Crippen molar-refractivity contribution in [2.45, 2.75) is 19.3 Å². The Morgan fingerprint density at radius 3 is 1.83 bits per heavy atom. The molecule has 0 saturated carbocycles. The number of nitrogens with zero attached hydrogens (tertiary/aromatic N) is 2. The number of fused-ring (bicyclic) bond motifs is 6. The Morgan fingerprint density at radius 2 is 1.02 bits per heavy atom. The standard InChI is InChI=1S/C45H34N2/c1-45(2)41-19-11-9-17-37(41)39-29-32(23-27-42(39)45)31-21-24-35(25-22-31)46(33-13-5-3-6-14-33)36-26-28-44-40(30-36)38-18-10-12-20-43(38)47(44)34-15-7-4-8-16-34/h3-30H,1-2H3. The summed E-state index contributed by atoms with van der Waals surface area (Å²) in [6, 6.07) is 61.8. The van der Waals surface area contributed by atoms with E-state index in [2.05, 4.69) is 193 Å². The van der Waals surface area contributed by atoms with Crippen LogP contribution in [0.3, 0.4) is 0 Å². The van der Waals surface area contributed by atoms with E-state index in [9.17, 15) is 0 Å². The number of rotatable bonds is 5. The number of aromatic nitrogens is 1. The van der Waals surface area contributed by atoms with Crippen molar-refractivity contribution in [3.8, 4) is 27.9 Å². The summed E-state index contributed by atoms with van der Waals surface area (Å²) < 4.78 is 2.37. The zero-order chi connectivity index (χ0) is 31.5. The highest BCUT2D eigenvalue weighted by molar-refractivity contribution is 6.10. The van der Waals surface area contributed by atoms with Gasteiger partial charge in [-0.2, -0.15) is 0 Å². The van der Waals surface area contributed by atoms with E-state index in [-0.39, 0.29) is 5.41 Å². The van der Waals surface area contributed by atoms with Gasteiger partial charge in [-0.05, 0) is 100 Å². The van der Waals surface area contributed by atoms with Crippen LogP contribution in [0.2, 0.25) is 0 Å². The van der Waals surface area contributed by atoms with Gasteiger partial charge in [0.25, 0.3) is 0 Å². The van der Waals surface area contributed by atoms with Gasteiger partial charge in [0.15, 0.2) is 0 Å². The molecule has 0 unspecified atom stereocenters. The van der Waals surface area contributed by atoms with Crippen molar-refractivity contribution in [3.05, 3.63) is 181 Å². The second kappa shape index (κ2) is 10.6. The molecule has 0 amide bonds. The Morgan fingerprint density at radius 1 is 0.426 bits per heavy atom. The minimum atomic E-state index is 0.0129. The van der Waals surface area contributed by atoms with Crippen molar-refractivity contribution in [1.82, 2.24) is 4.57 Å². The minimum Gasteiger partial charge on any atom is -0.310 e. The minimum absolute atomic E-state index is 0.0129. The van der Waals surface area contributed by atoms with Crippen LogP contribution in [0.15, 0.2) is 170 Å². The summed E-state index contributed by atoms with van der Waals surface area (Å²) in [4.78, 5) is 2.36. The second-order valence-corrected chi connectivity index (χ2v) is 13.0. The van der Waals surface area contributed by atoms with E-state index in [0.29, 0.717) is 0 Å². The predicted octanol–water partition coefficient (Wildman–Crippen LogP) is 12.2. The van der Waals surface area contributed by atoms with Gasteiger partial charge in [-0.1, -0.05) is 117 Å². The van der Waals surface area contributed by atoms with Crippen LogP contribution in [-0.2, 0) is 5.41 Å². The number of hydrogen-bond acceptors (Lipinski definition) is 1. The Kier molecular flexibility index (Phi) is 6.20. The molecule has 47 heavy (non-hydrogen) atoms. The molecular formula is C45H34N2. The summed E-state index contributed by atoms with van der Waals surface area (Å²) in [7, 11) is 0. The highest BCUT2D eigenvalue weighted by Crippen LogP contribution is 2.49. The molecule has 1 aliphatic rings. The number of anilines is 3. The SMILES string of the molecule is CC1(C)c2ccccc2-c2cc(-c3ccc(N(c4ccccc4)c4ccc5c(c4)c4ccccc4n5-c4ccccc4)cc3)ccc21.